The summed E-state index contributed by atoms with van der Waals surface area (Å²) >= 11 is 0. The molecule has 3 heterocycles. The molecular weight excluding hydrogens is 276 g/mol. The molecule has 0 bridgehead atoms. The normalized spacial score (nSPS) is 22.7. The Morgan fingerprint density at radius 1 is 1.41 bits per heavy atom. The highest BCUT2D eigenvalue weighted by Gasteiger charge is 2.29. The lowest BCUT2D eigenvalue weighted by Gasteiger charge is -2.25. The van der Waals surface area contributed by atoms with Gasteiger partial charge in [-0.05, 0) is 18.9 Å². The number of guanidine groups is 1. The van der Waals surface area contributed by atoms with Crippen LogP contribution in [0.1, 0.15) is 12.0 Å². The highest BCUT2D eigenvalue weighted by molar-refractivity contribution is 5.80. The Morgan fingerprint density at radius 3 is 2.91 bits per heavy atom. The van der Waals surface area contributed by atoms with E-state index in [0.717, 1.165) is 45.2 Å². The molecule has 0 saturated carbocycles. The molecule has 0 aromatic carbocycles. The molecule has 6 nitrogen and oxygen atoms in total. The number of aliphatic imine (C=N–C) groups is 1. The molecule has 3 rings (SSSR count). The monoisotopic (exact) mass is 302 g/mol. The maximum Gasteiger partial charge on any atom is 0.193 e. The number of aryl methyl sites for hydroxylation is 1. The van der Waals surface area contributed by atoms with Crippen molar-refractivity contribution in [3.8, 4) is 0 Å². The molecule has 1 fully saturated rings. The van der Waals surface area contributed by atoms with E-state index < -0.39 is 0 Å². The largest absolute Gasteiger partial charge is 0.354 e. The van der Waals surface area contributed by atoms with Gasteiger partial charge in [0.15, 0.2) is 5.96 Å². The fourth-order valence-corrected chi connectivity index (χ4v) is 3.23. The minimum absolute atomic E-state index is 0.655. The summed E-state index contributed by atoms with van der Waals surface area (Å²) in [6, 6.07) is 0.655. The molecule has 6 heteroatoms. The van der Waals surface area contributed by atoms with Crippen LogP contribution < -0.4 is 5.32 Å². The van der Waals surface area contributed by atoms with Crippen molar-refractivity contribution in [1.29, 1.82) is 0 Å². The molecule has 120 valence electrons. The number of hydrogen-bond donors (Lipinski definition) is 1. The van der Waals surface area contributed by atoms with E-state index in [1.807, 2.05) is 17.9 Å². The Kier molecular flexibility index (Phi) is 4.77. The number of rotatable bonds is 4. The van der Waals surface area contributed by atoms with Crippen LogP contribution in [0, 0.1) is 6.92 Å². The Hall–Kier alpha value is -1.82. The molecule has 1 saturated heterocycles. The van der Waals surface area contributed by atoms with Gasteiger partial charge in [-0.25, -0.2) is 0 Å². The van der Waals surface area contributed by atoms with Gasteiger partial charge in [0.05, 0.1) is 12.7 Å². The van der Waals surface area contributed by atoms with Gasteiger partial charge in [-0.2, -0.15) is 5.10 Å². The van der Waals surface area contributed by atoms with Crippen molar-refractivity contribution in [2.24, 2.45) is 4.99 Å². The molecular formula is C16H26N6. The Labute approximate surface area is 132 Å². The summed E-state index contributed by atoms with van der Waals surface area (Å²) in [5, 5.41) is 7.77. The molecule has 1 unspecified atom stereocenters. The molecule has 1 aromatic heterocycles. The lowest BCUT2D eigenvalue weighted by Crippen LogP contribution is -2.43. The summed E-state index contributed by atoms with van der Waals surface area (Å²) in [6.07, 6.45) is 9.71. The lowest BCUT2D eigenvalue weighted by atomic mass is 10.2. The SMILES string of the molecule is CN=C(NCCn1cc(C)cn1)N1CCC(N2CC=CC2)C1. The zero-order valence-electron chi connectivity index (χ0n) is 13.6. The van der Waals surface area contributed by atoms with E-state index in [1.165, 1.54) is 12.0 Å². The van der Waals surface area contributed by atoms with Crippen LogP contribution in [0.4, 0.5) is 0 Å². The van der Waals surface area contributed by atoms with Gasteiger partial charge in [0.1, 0.15) is 0 Å². The minimum atomic E-state index is 0.655. The first-order chi connectivity index (χ1) is 10.8. The van der Waals surface area contributed by atoms with E-state index in [1.54, 1.807) is 0 Å². The predicted molar refractivity (Wildman–Crippen MR) is 89.0 cm³/mol. The maximum atomic E-state index is 4.44. The fourth-order valence-electron chi connectivity index (χ4n) is 3.23. The average Bonchev–Trinajstić information content (AvgIpc) is 3.24. The zero-order valence-corrected chi connectivity index (χ0v) is 13.6. The van der Waals surface area contributed by atoms with Gasteiger partial charge in [-0.15, -0.1) is 0 Å². The summed E-state index contributed by atoms with van der Waals surface area (Å²) in [6.45, 7) is 8.13. The molecule has 1 atom stereocenters. The minimum Gasteiger partial charge on any atom is -0.354 e. The maximum absolute atomic E-state index is 4.44. The number of nitrogens with zero attached hydrogens (tertiary/aromatic N) is 5. The van der Waals surface area contributed by atoms with Crippen LogP contribution in [0.15, 0.2) is 29.5 Å². The van der Waals surface area contributed by atoms with Crippen molar-refractivity contribution in [2.75, 3.05) is 39.8 Å². The molecule has 0 aliphatic carbocycles. The van der Waals surface area contributed by atoms with Gasteiger partial charge in [0.25, 0.3) is 0 Å². The number of likely N-dealkylation sites (tertiary alicyclic amines) is 1. The third-order valence-electron chi connectivity index (χ3n) is 4.42. The third-order valence-corrected chi connectivity index (χ3v) is 4.42. The average molecular weight is 302 g/mol. The summed E-state index contributed by atoms with van der Waals surface area (Å²) in [7, 11) is 1.87. The quantitative estimate of drug-likeness (QED) is 0.506. The Balaban J connectivity index is 1.45. The second-order valence-corrected chi connectivity index (χ2v) is 6.07. The van der Waals surface area contributed by atoms with Crippen molar-refractivity contribution in [3.05, 3.63) is 30.1 Å². The van der Waals surface area contributed by atoms with Crippen LogP contribution in [0.3, 0.4) is 0 Å². The summed E-state index contributed by atoms with van der Waals surface area (Å²) in [5.74, 6) is 1.01. The molecule has 0 spiro atoms. The van der Waals surface area contributed by atoms with Crippen molar-refractivity contribution >= 4 is 5.96 Å². The van der Waals surface area contributed by atoms with Crippen molar-refractivity contribution in [2.45, 2.75) is 25.9 Å². The summed E-state index contributed by atoms with van der Waals surface area (Å²) in [5.41, 5.74) is 1.20. The number of nitrogens with one attached hydrogen (secondary N) is 1. The predicted octanol–water partition coefficient (Wildman–Crippen LogP) is 0.713. The molecule has 2 aliphatic heterocycles. The van der Waals surface area contributed by atoms with Crippen LogP contribution in [-0.4, -0.2) is 71.4 Å². The van der Waals surface area contributed by atoms with Crippen LogP contribution >= 0.6 is 0 Å². The lowest BCUT2D eigenvalue weighted by molar-refractivity contribution is 0.259. The van der Waals surface area contributed by atoms with Crippen molar-refractivity contribution in [1.82, 2.24) is 24.9 Å². The Morgan fingerprint density at radius 2 is 2.23 bits per heavy atom. The van der Waals surface area contributed by atoms with Gasteiger partial charge in [-0.1, -0.05) is 12.2 Å². The van der Waals surface area contributed by atoms with Crippen LogP contribution in [0.25, 0.3) is 0 Å². The van der Waals surface area contributed by atoms with E-state index in [-0.39, 0.29) is 0 Å². The van der Waals surface area contributed by atoms with Crippen LogP contribution in [-0.2, 0) is 6.54 Å². The zero-order chi connectivity index (χ0) is 15.4. The standard InChI is InChI=1S/C16H26N6/c1-14-11-19-22(12-14)10-6-18-16(17-2)21-9-5-15(13-21)20-7-3-4-8-20/h3-4,11-12,15H,5-10,13H2,1-2H3,(H,17,18). The van der Waals surface area contributed by atoms with Gasteiger partial charge in [0, 0.05) is 52.0 Å². The first kappa shape index (κ1) is 15.1. The van der Waals surface area contributed by atoms with E-state index in [4.69, 9.17) is 0 Å². The molecule has 0 radical (unpaired) electrons. The summed E-state index contributed by atoms with van der Waals surface area (Å²) < 4.78 is 1.97. The van der Waals surface area contributed by atoms with Gasteiger partial charge in [0.2, 0.25) is 0 Å². The number of aromatic nitrogens is 2. The van der Waals surface area contributed by atoms with E-state index in [2.05, 4.69) is 50.5 Å². The second kappa shape index (κ2) is 6.96. The van der Waals surface area contributed by atoms with Gasteiger partial charge in [-0.3, -0.25) is 14.6 Å². The van der Waals surface area contributed by atoms with E-state index in [9.17, 15) is 0 Å². The highest BCUT2D eigenvalue weighted by Crippen LogP contribution is 2.17. The number of hydrogen-bond acceptors (Lipinski definition) is 3. The Bertz CT molecular complexity index is 539. The first-order valence-electron chi connectivity index (χ1n) is 8.10. The highest BCUT2D eigenvalue weighted by atomic mass is 15.3. The molecule has 22 heavy (non-hydrogen) atoms. The third kappa shape index (κ3) is 3.50. The van der Waals surface area contributed by atoms with Gasteiger partial charge < -0.3 is 10.2 Å². The second-order valence-electron chi connectivity index (χ2n) is 6.07. The van der Waals surface area contributed by atoms with E-state index >= 15 is 0 Å². The molecule has 2 aliphatic rings. The van der Waals surface area contributed by atoms with Gasteiger partial charge >= 0.3 is 0 Å². The molecule has 0 amide bonds. The van der Waals surface area contributed by atoms with Crippen LogP contribution in [0.2, 0.25) is 0 Å². The topological polar surface area (TPSA) is 48.7 Å². The molecule has 1 N–H and O–H groups in total. The van der Waals surface area contributed by atoms with Crippen molar-refractivity contribution in [3.63, 3.8) is 0 Å². The van der Waals surface area contributed by atoms with Crippen LogP contribution in [0.5, 0.6) is 0 Å². The molecule has 1 aromatic rings. The first-order valence-corrected chi connectivity index (χ1v) is 8.10. The van der Waals surface area contributed by atoms with E-state index in [0.29, 0.717) is 6.04 Å². The fraction of sp³-hybridized carbons (Fsp3) is 0.625. The summed E-state index contributed by atoms with van der Waals surface area (Å²) in [4.78, 5) is 9.35. The smallest absolute Gasteiger partial charge is 0.193 e. The van der Waals surface area contributed by atoms with Crippen molar-refractivity contribution < 1.29 is 0 Å².